The molecule has 0 aliphatic carbocycles. The van der Waals surface area contributed by atoms with E-state index in [9.17, 15) is 8.60 Å². The first-order valence-electron chi connectivity index (χ1n) is 4.76. The molecule has 1 aromatic carbocycles. The molecule has 0 radical (unpaired) electrons. The molecule has 15 heavy (non-hydrogen) atoms. The predicted octanol–water partition coefficient (Wildman–Crippen LogP) is 1.81. The minimum absolute atomic E-state index is 0.229. The molecule has 0 spiro atoms. The molecule has 0 saturated heterocycles. The number of hydrogen-bond donors (Lipinski definition) is 1. The maximum Gasteiger partial charge on any atom is 0.127 e. The van der Waals surface area contributed by atoms with E-state index in [1.54, 1.807) is 18.2 Å². The van der Waals surface area contributed by atoms with Crippen LogP contribution in [0.25, 0.3) is 0 Å². The van der Waals surface area contributed by atoms with Gasteiger partial charge >= 0.3 is 0 Å². The Morgan fingerprint density at radius 1 is 1.40 bits per heavy atom. The van der Waals surface area contributed by atoms with Crippen LogP contribution >= 0.6 is 0 Å². The summed E-state index contributed by atoms with van der Waals surface area (Å²) < 4.78 is 24.9. The van der Waals surface area contributed by atoms with Crippen molar-refractivity contribution in [3.8, 4) is 0 Å². The third-order valence-electron chi connectivity index (χ3n) is 1.81. The van der Waals surface area contributed by atoms with Crippen LogP contribution in [0.1, 0.15) is 19.4 Å². The van der Waals surface area contributed by atoms with Gasteiger partial charge in [0.15, 0.2) is 0 Å². The van der Waals surface area contributed by atoms with Crippen LogP contribution in [-0.4, -0.2) is 15.5 Å². The van der Waals surface area contributed by atoms with Gasteiger partial charge in [-0.15, -0.1) is 0 Å². The van der Waals surface area contributed by atoms with Gasteiger partial charge in [0.05, 0.1) is 5.75 Å². The lowest BCUT2D eigenvalue weighted by atomic mass is 10.1. The average molecular weight is 229 g/mol. The van der Waals surface area contributed by atoms with Crippen LogP contribution in [0.2, 0.25) is 0 Å². The summed E-state index contributed by atoms with van der Waals surface area (Å²) in [5, 5.41) is 0. The Bertz CT molecular complexity index is 360. The number of benzene rings is 1. The molecule has 0 fully saturated rings. The molecule has 0 heterocycles. The van der Waals surface area contributed by atoms with E-state index in [0.717, 1.165) is 0 Å². The molecule has 1 unspecified atom stereocenters. The molecule has 0 aromatic heterocycles. The maximum absolute atomic E-state index is 13.2. The Morgan fingerprint density at radius 3 is 2.53 bits per heavy atom. The molecule has 4 heteroatoms. The largest absolute Gasteiger partial charge is 0.325 e. The Morgan fingerprint density at radius 2 is 2.00 bits per heavy atom. The highest BCUT2D eigenvalue weighted by Crippen LogP contribution is 2.11. The van der Waals surface area contributed by atoms with E-state index in [2.05, 4.69) is 0 Å². The predicted molar refractivity (Wildman–Crippen MR) is 61.4 cm³/mol. The summed E-state index contributed by atoms with van der Waals surface area (Å²) in [6, 6.07) is 6.38. The van der Waals surface area contributed by atoms with E-state index in [0.29, 0.717) is 11.3 Å². The summed E-state index contributed by atoms with van der Waals surface area (Å²) >= 11 is 0. The van der Waals surface area contributed by atoms with E-state index < -0.39 is 16.3 Å². The summed E-state index contributed by atoms with van der Waals surface area (Å²) in [7, 11) is -1.12. The third kappa shape index (κ3) is 4.53. The van der Waals surface area contributed by atoms with Crippen LogP contribution in [0.5, 0.6) is 0 Å². The van der Waals surface area contributed by atoms with E-state index in [1.165, 1.54) is 6.07 Å². The van der Waals surface area contributed by atoms with Gasteiger partial charge in [0, 0.05) is 27.7 Å². The van der Waals surface area contributed by atoms with Crippen LogP contribution in [0.15, 0.2) is 24.3 Å². The van der Waals surface area contributed by atoms with Crippen molar-refractivity contribution < 1.29 is 8.60 Å². The van der Waals surface area contributed by atoms with Gasteiger partial charge in [-0.2, -0.15) is 0 Å². The quantitative estimate of drug-likeness (QED) is 0.855. The first-order chi connectivity index (χ1) is 6.88. The summed E-state index contributed by atoms with van der Waals surface area (Å²) in [6.45, 7) is 3.62. The second kappa shape index (κ2) is 4.86. The lowest BCUT2D eigenvalue weighted by Crippen LogP contribution is -2.38. The molecular weight excluding hydrogens is 213 g/mol. The van der Waals surface area contributed by atoms with Crippen molar-refractivity contribution >= 4 is 10.8 Å². The molecule has 0 aliphatic heterocycles. The topological polar surface area (TPSA) is 43.1 Å². The van der Waals surface area contributed by atoms with Crippen LogP contribution in [0, 0.1) is 5.82 Å². The van der Waals surface area contributed by atoms with Crippen molar-refractivity contribution in [2.45, 2.75) is 25.1 Å². The first kappa shape index (κ1) is 12.3. The van der Waals surface area contributed by atoms with Gasteiger partial charge in [-0.05, 0) is 19.9 Å². The Kier molecular flexibility index (Phi) is 3.99. The lowest BCUT2D eigenvalue weighted by Gasteiger charge is -2.17. The first-order valence-corrected chi connectivity index (χ1v) is 6.24. The van der Waals surface area contributed by atoms with Crippen molar-refractivity contribution in [2.75, 3.05) is 5.75 Å². The second-order valence-corrected chi connectivity index (χ2v) is 5.77. The zero-order chi connectivity index (χ0) is 11.5. The molecule has 0 saturated carbocycles. The molecule has 0 bridgehead atoms. The molecule has 0 amide bonds. The Hall–Kier alpha value is -0.740. The minimum Gasteiger partial charge on any atom is -0.325 e. The van der Waals surface area contributed by atoms with E-state index in [4.69, 9.17) is 5.73 Å². The third-order valence-corrected chi connectivity index (χ3v) is 3.51. The molecule has 0 aliphatic rings. The minimum atomic E-state index is -1.12. The van der Waals surface area contributed by atoms with E-state index >= 15 is 0 Å². The molecule has 2 nitrogen and oxygen atoms in total. The zero-order valence-electron chi connectivity index (χ0n) is 9.00. The summed E-state index contributed by atoms with van der Waals surface area (Å²) in [5.41, 5.74) is 5.75. The van der Waals surface area contributed by atoms with Gasteiger partial charge < -0.3 is 5.73 Å². The van der Waals surface area contributed by atoms with Crippen molar-refractivity contribution in [3.05, 3.63) is 35.6 Å². The fraction of sp³-hybridized carbons (Fsp3) is 0.455. The van der Waals surface area contributed by atoms with Crippen LogP contribution in [0.4, 0.5) is 4.39 Å². The molecule has 84 valence electrons. The van der Waals surface area contributed by atoms with Crippen molar-refractivity contribution in [3.63, 3.8) is 0 Å². The fourth-order valence-electron chi connectivity index (χ4n) is 1.25. The van der Waals surface area contributed by atoms with Crippen LogP contribution < -0.4 is 5.73 Å². The maximum atomic E-state index is 13.2. The standard InChI is InChI=1S/C11H16FNOS/c1-11(2,13)8-15(14)7-9-5-3-4-6-10(9)12/h3-6H,7-8,13H2,1-2H3. The van der Waals surface area contributed by atoms with Crippen molar-refractivity contribution in [1.82, 2.24) is 0 Å². The molecule has 1 rings (SSSR count). The van der Waals surface area contributed by atoms with Gasteiger partial charge in [0.2, 0.25) is 0 Å². The SMILES string of the molecule is CC(C)(N)CS(=O)Cc1ccccc1F. The average Bonchev–Trinajstić information content (AvgIpc) is 2.05. The van der Waals surface area contributed by atoms with Gasteiger partial charge in [-0.25, -0.2) is 4.39 Å². The number of rotatable bonds is 4. The highest BCUT2D eigenvalue weighted by atomic mass is 32.2. The Balaban J connectivity index is 2.64. The van der Waals surface area contributed by atoms with Crippen molar-refractivity contribution in [1.29, 1.82) is 0 Å². The number of hydrogen-bond acceptors (Lipinski definition) is 2. The lowest BCUT2D eigenvalue weighted by molar-refractivity contribution is 0.576. The van der Waals surface area contributed by atoms with Crippen molar-refractivity contribution in [2.24, 2.45) is 5.73 Å². The van der Waals surface area contributed by atoms with Gasteiger partial charge in [0.25, 0.3) is 0 Å². The summed E-state index contributed by atoms with van der Waals surface area (Å²) in [6.07, 6.45) is 0. The molecule has 1 atom stereocenters. The van der Waals surface area contributed by atoms with E-state index in [1.807, 2.05) is 13.8 Å². The van der Waals surface area contributed by atoms with Gasteiger partial charge in [-0.3, -0.25) is 4.21 Å². The zero-order valence-corrected chi connectivity index (χ0v) is 9.81. The number of nitrogens with two attached hydrogens (primary N) is 1. The second-order valence-electron chi connectivity index (χ2n) is 4.31. The van der Waals surface area contributed by atoms with Crippen LogP contribution in [0.3, 0.4) is 0 Å². The monoisotopic (exact) mass is 229 g/mol. The van der Waals surface area contributed by atoms with E-state index in [-0.39, 0.29) is 11.6 Å². The fourth-order valence-corrected chi connectivity index (χ4v) is 2.77. The highest BCUT2D eigenvalue weighted by Gasteiger charge is 2.16. The molecule has 2 N–H and O–H groups in total. The Labute approximate surface area is 92.1 Å². The molecular formula is C11H16FNOS. The van der Waals surface area contributed by atoms with Gasteiger partial charge in [-0.1, -0.05) is 18.2 Å². The van der Waals surface area contributed by atoms with Crippen LogP contribution in [-0.2, 0) is 16.6 Å². The summed E-state index contributed by atoms with van der Waals surface area (Å²) in [4.78, 5) is 0. The smallest absolute Gasteiger partial charge is 0.127 e. The number of halogens is 1. The van der Waals surface area contributed by atoms with Gasteiger partial charge in [0.1, 0.15) is 5.82 Å². The summed E-state index contributed by atoms with van der Waals surface area (Å²) in [5.74, 6) is 0.301. The highest BCUT2D eigenvalue weighted by molar-refractivity contribution is 7.84. The normalized spacial score (nSPS) is 13.9. The molecule has 1 aromatic rings.